The third-order valence-electron chi connectivity index (χ3n) is 0.782. The molecule has 2 unspecified atom stereocenters. The quantitative estimate of drug-likeness (QED) is 0.233. The first-order valence-electron chi connectivity index (χ1n) is 3.18. The third kappa shape index (κ3) is 16.5. The molecule has 0 spiro atoms. The number of hydrogen-bond donors (Lipinski definition) is 0. The molecule has 0 rings (SSSR count). The Hall–Kier alpha value is 2.48. The molecule has 2 atom stereocenters. The maximum absolute atomic E-state index is 9.81. The minimum Gasteiger partial charge on any atom is -0.549 e. The van der Waals surface area contributed by atoms with Crippen molar-refractivity contribution in [3.05, 3.63) is 0 Å². The van der Waals surface area contributed by atoms with Crippen LogP contribution in [0.5, 0.6) is 0 Å². The molecule has 0 radical (unpaired) electrons. The second-order valence-corrected chi connectivity index (χ2v) is 6.65. The molecule has 0 heterocycles. The van der Waals surface area contributed by atoms with Crippen molar-refractivity contribution in [2.24, 2.45) is 0 Å². The Balaban J connectivity index is -0.000000180. The van der Waals surface area contributed by atoms with Crippen molar-refractivity contribution in [1.29, 1.82) is 0 Å². The molecule has 9 heteroatoms. The van der Waals surface area contributed by atoms with Crippen LogP contribution in [0.4, 0.5) is 0 Å². The standard InChI is InChI=1S/2C3H4I2O2.Zn/c2*4-1-2(5)3(6)7;/h2*2H,1H2,(H,6,7);/q;;+2/p-2. The summed E-state index contributed by atoms with van der Waals surface area (Å²) in [6.07, 6.45) is 0. The molecule has 0 aliphatic carbocycles. The van der Waals surface area contributed by atoms with Gasteiger partial charge in [-0.15, -0.1) is 0 Å². The molecule has 4 nitrogen and oxygen atoms in total. The summed E-state index contributed by atoms with van der Waals surface area (Å²) < 4.78 is 0.554. The molecule has 0 aromatic rings. The number of rotatable bonds is 4. The summed E-state index contributed by atoms with van der Waals surface area (Å²) in [5.41, 5.74) is 0. The van der Waals surface area contributed by atoms with E-state index in [1.54, 1.807) is 0 Å². The maximum Gasteiger partial charge on any atom is 2.00 e. The van der Waals surface area contributed by atoms with Crippen molar-refractivity contribution in [2.75, 3.05) is 8.86 Å². The van der Waals surface area contributed by atoms with Gasteiger partial charge >= 0.3 is 19.5 Å². The molecule has 84 valence electrons. The predicted octanol–water partition coefficient (Wildman–Crippen LogP) is -0.0527. The van der Waals surface area contributed by atoms with Crippen molar-refractivity contribution in [1.82, 2.24) is 0 Å². The van der Waals surface area contributed by atoms with E-state index in [1.165, 1.54) is 0 Å². The van der Waals surface area contributed by atoms with E-state index in [-0.39, 0.29) is 27.3 Å². The van der Waals surface area contributed by atoms with E-state index in [0.29, 0.717) is 8.86 Å². The van der Waals surface area contributed by atoms with Gasteiger partial charge in [0.2, 0.25) is 0 Å². The van der Waals surface area contributed by atoms with E-state index < -0.39 is 11.9 Å². The largest absolute Gasteiger partial charge is 2.00 e. The summed E-state index contributed by atoms with van der Waals surface area (Å²) in [6.45, 7) is 0. The SMILES string of the molecule is O=C([O-])C(I)CI.O=C([O-])C(I)CI.[Zn+2]. The van der Waals surface area contributed by atoms with Crippen LogP contribution in [0.25, 0.3) is 0 Å². The smallest absolute Gasteiger partial charge is 0.549 e. The molecule has 0 aliphatic heterocycles. The van der Waals surface area contributed by atoms with Crippen LogP contribution in [0.2, 0.25) is 0 Å². The van der Waals surface area contributed by atoms with Crippen LogP contribution in [0, 0.1) is 0 Å². The van der Waals surface area contributed by atoms with E-state index >= 15 is 0 Å². The molecule has 0 fully saturated rings. The van der Waals surface area contributed by atoms with Crippen molar-refractivity contribution in [3.63, 3.8) is 0 Å². The zero-order valence-electron chi connectivity index (χ0n) is 7.42. The summed E-state index contributed by atoms with van der Waals surface area (Å²) >= 11 is 7.65. The normalized spacial score (nSPS) is 12.5. The third-order valence-corrected chi connectivity index (χ3v) is 7.81. The van der Waals surface area contributed by atoms with Gasteiger partial charge in [0, 0.05) is 8.86 Å². The second kappa shape index (κ2) is 14.5. The second-order valence-electron chi connectivity index (χ2n) is 1.88. The van der Waals surface area contributed by atoms with Crippen molar-refractivity contribution >= 4 is 102 Å². The summed E-state index contributed by atoms with van der Waals surface area (Å²) in [5, 5.41) is 19.6. The first-order chi connectivity index (χ1) is 6.36. The number of carbonyl (C=O) groups is 2. The topological polar surface area (TPSA) is 80.3 Å². The van der Waals surface area contributed by atoms with Gasteiger partial charge in [0.15, 0.2) is 0 Å². The first-order valence-corrected chi connectivity index (χ1v) is 8.72. The van der Waals surface area contributed by atoms with Gasteiger partial charge in [-0.2, -0.15) is 0 Å². The molecule has 0 N–H and O–H groups in total. The average molecular weight is 715 g/mol. The Morgan fingerprint density at radius 2 is 1.13 bits per heavy atom. The van der Waals surface area contributed by atoms with Crippen LogP contribution < -0.4 is 10.2 Å². The van der Waals surface area contributed by atoms with E-state index in [2.05, 4.69) is 0 Å². The van der Waals surface area contributed by atoms with Crippen LogP contribution in [0.1, 0.15) is 0 Å². The Labute approximate surface area is 155 Å². The number of hydrogen-bond acceptors (Lipinski definition) is 4. The monoisotopic (exact) mass is 714 g/mol. The number of aliphatic carboxylic acids is 2. The minimum atomic E-state index is -0.977. The van der Waals surface area contributed by atoms with Gasteiger partial charge in [-0.05, 0) is 0 Å². The fourth-order valence-electron chi connectivity index (χ4n) is 0.126. The van der Waals surface area contributed by atoms with Gasteiger partial charge in [-0.25, -0.2) is 0 Å². The number of carbonyl (C=O) groups excluding carboxylic acids is 2. The Morgan fingerprint density at radius 3 is 1.13 bits per heavy atom. The minimum absolute atomic E-state index is 0. The van der Waals surface area contributed by atoms with Crippen LogP contribution >= 0.6 is 90.4 Å². The van der Waals surface area contributed by atoms with E-state index in [1.807, 2.05) is 90.4 Å². The van der Waals surface area contributed by atoms with Crippen LogP contribution in [0.3, 0.4) is 0 Å². The molecular formula is C6H6I4O4Zn. The van der Waals surface area contributed by atoms with Crippen molar-refractivity contribution < 1.29 is 39.3 Å². The average Bonchev–Trinajstić information content (AvgIpc) is 2.15. The van der Waals surface area contributed by atoms with Crippen LogP contribution in [-0.2, 0) is 29.1 Å². The number of halogens is 4. The number of carboxylic acids is 2. The molecule has 0 saturated carbocycles. The first kappa shape index (κ1) is 22.6. The van der Waals surface area contributed by atoms with Gasteiger partial charge in [-0.3, -0.25) is 0 Å². The molecule has 0 aliphatic rings. The van der Waals surface area contributed by atoms with Crippen LogP contribution in [-0.4, -0.2) is 28.6 Å². The molecule has 0 amide bonds. The summed E-state index contributed by atoms with van der Waals surface area (Å²) in [6, 6.07) is 0. The van der Waals surface area contributed by atoms with Gasteiger partial charge < -0.3 is 19.8 Å². The Morgan fingerprint density at radius 1 is 0.933 bits per heavy atom. The molecule has 0 saturated heterocycles. The maximum atomic E-state index is 9.81. The number of carboxylic acid groups (broad SMARTS) is 2. The zero-order chi connectivity index (χ0) is 11.7. The van der Waals surface area contributed by atoms with Gasteiger partial charge in [0.1, 0.15) is 0 Å². The Bertz CT molecular complexity index is 172. The Kier molecular flexibility index (Phi) is 22.0. The molecule has 0 aromatic carbocycles. The summed E-state index contributed by atoms with van der Waals surface area (Å²) in [7, 11) is 0. The molecular weight excluding hydrogens is 709 g/mol. The van der Waals surface area contributed by atoms with Gasteiger partial charge in [0.05, 0.1) is 19.8 Å². The molecule has 0 aromatic heterocycles. The van der Waals surface area contributed by atoms with Crippen molar-refractivity contribution in [3.8, 4) is 0 Å². The molecule has 0 bridgehead atoms. The fraction of sp³-hybridized carbons (Fsp3) is 0.667. The van der Waals surface area contributed by atoms with Crippen LogP contribution in [0.15, 0.2) is 0 Å². The predicted molar refractivity (Wildman–Crippen MR) is 83.4 cm³/mol. The zero-order valence-corrected chi connectivity index (χ0v) is 19.0. The fourth-order valence-corrected chi connectivity index (χ4v) is 0.845. The molecule has 15 heavy (non-hydrogen) atoms. The van der Waals surface area contributed by atoms with E-state index in [0.717, 1.165) is 0 Å². The van der Waals surface area contributed by atoms with E-state index in [9.17, 15) is 19.8 Å². The van der Waals surface area contributed by atoms with Gasteiger partial charge in [-0.1, -0.05) is 90.4 Å². The van der Waals surface area contributed by atoms with Crippen molar-refractivity contribution in [2.45, 2.75) is 7.85 Å². The van der Waals surface area contributed by atoms with Gasteiger partial charge in [0.25, 0.3) is 0 Å². The summed E-state index contributed by atoms with van der Waals surface area (Å²) in [4.78, 5) is 19.6. The van der Waals surface area contributed by atoms with E-state index in [4.69, 9.17) is 0 Å². The number of alkyl halides is 4. The summed E-state index contributed by atoms with van der Waals surface area (Å²) in [5.74, 6) is -1.95.